The highest BCUT2D eigenvalue weighted by molar-refractivity contribution is 8.00. The quantitative estimate of drug-likeness (QED) is 0.702. The Bertz CT molecular complexity index is 925. The molecule has 2 amide bonds. The molecule has 29 heavy (non-hydrogen) atoms. The van der Waals surface area contributed by atoms with E-state index < -0.39 is 0 Å². The van der Waals surface area contributed by atoms with Gasteiger partial charge in [-0.25, -0.2) is 0 Å². The van der Waals surface area contributed by atoms with E-state index in [1.54, 1.807) is 35.2 Å². The van der Waals surface area contributed by atoms with Crippen LogP contribution in [0, 0.1) is 11.3 Å². The first kappa shape index (κ1) is 20.6. The van der Waals surface area contributed by atoms with E-state index in [0.717, 1.165) is 4.90 Å². The molecule has 8 heteroatoms. The van der Waals surface area contributed by atoms with E-state index in [9.17, 15) is 9.59 Å². The predicted octanol–water partition coefficient (Wildman–Crippen LogP) is 3.46. The van der Waals surface area contributed by atoms with Crippen molar-refractivity contribution < 1.29 is 19.1 Å². The molecule has 0 bridgehead atoms. The fraction of sp³-hybridized carbons (Fsp3) is 0.286. The number of thioether (sulfide) groups is 1. The Kier molecular flexibility index (Phi) is 6.98. The third kappa shape index (κ3) is 5.65. The fourth-order valence-corrected chi connectivity index (χ4v) is 3.59. The third-order valence-electron chi connectivity index (χ3n) is 4.12. The summed E-state index contributed by atoms with van der Waals surface area (Å²) in [6, 6.07) is 14.7. The second kappa shape index (κ2) is 9.85. The van der Waals surface area contributed by atoms with Crippen LogP contribution in [0.1, 0.15) is 13.3 Å². The van der Waals surface area contributed by atoms with Crippen LogP contribution in [0.3, 0.4) is 0 Å². The smallest absolute Gasteiger partial charge is 0.237 e. The molecule has 3 rings (SSSR count). The number of carbonyl (C=O) groups excluding carboxylic acids is 2. The normalized spacial score (nSPS) is 12.0. The van der Waals surface area contributed by atoms with Crippen molar-refractivity contribution in [3.63, 3.8) is 0 Å². The first-order valence-corrected chi connectivity index (χ1v) is 10.1. The maximum Gasteiger partial charge on any atom is 0.237 e. The van der Waals surface area contributed by atoms with Crippen LogP contribution in [-0.2, 0) is 9.59 Å². The minimum absolute atomic E-state index is 0.104. The highest BCUT2D eigenvalue weighted by atomic mass is 32.2. The molecule has 0 unspecified atom stereocenters. The van der Waals surface area contributed by atoms with Crippen molar-refractivity contribution in [3.8, 4) is 17.6 Å². The minimum atomic E-state index is -0.131. The lowest BCUT2D eigenvalue weighted by atomic mass is 10.2. The van der Waals surface area contributed by atoms with Gasteiger partial charge in [-0.15, -0.1) is 11.8 Å². The summed E-state index contributed by atoms with van der Waals surface area (Å²) in [6.07, 6.45) is 0.232. The molecular formula is C21H21N3O4S. The molecule has 0 aromatic heterocycles. The second-order valence-electron chi connectivity index (χ2n) is 6.28. The number of hydrogen-bond acceptors (Lipinski definition) is 6. The van der Waals surface area contributed by atoms with Crippen LogP contribution in [0.4, 0.5) is 11.4 Å². The lowest BCUT2D eigenvalue weighted by molar-refractivity contribution is -0.116. The Morgan fingerprint density at radius 2 is 1.86 bits per heavy atom. The van der Waals surface area contributed by atoms with Gasteiger partial charge in [-0.3, -0.25) is 9.59 Å². The van der Waals surface area contributed by atoms with E-state index in [-0.39, 0.29) is 24.0 Å². The van der Waals surface area contributed by atoms with Crippen molar-refractivity contribution in [2.24, 2.45) is 0 Å². The SMILES string of the molecule is CC(=O)Nc1ccc(SCC(=O)N(CCC#N)c2ccc3c(c2)OCCO3)cc1. The molecule has 0 fully saturated rings. The van der Waals surface area contributed by atoms with Crippen molar-refractivity contribution in [2.75, 3.05) is 35.7 Å². The molecule has 0 spiro atoms. The lowest BCUT2D eigenvalue weighted by Crippen LogP contribution is -2.33. The number of benzene rings is 2. The van der Waals surface area contributed by atoms with Crippen LogP contribution in [0.5, 0.6) is 11.5 Å². The maximum atomic E-state index is 12.9. The molecule has 0 saturated heterocycles. The summed E-state index contributed by atoms with van der Waals surface area (Å²) in [5.74, 6) is 1.24. The number of rotatable bonds is 7. The second-order valence-corrected chi connectivity index (χ2v) is 7.32. The Balaban J connectivity index is 1.68. The van der Waals surface area contributed by atoms with Gasteiger partial charge in [0, 0.05) is 35.8 Å². The molecule has 1 N–H and O–H groups in total. The molecule has 7 nitrogen and oxygen atoms in total. The van der Waals surface area contributed by atoms with Crippen LogP contribution >= 0.6 is 11.8 Å². The number of nitriles is 1. The molecule has 0 saturated carbocycles. The summed E-state index contributed by atoms with van der Waals surface area (Å²) in [7, 11) is 0. The first-order valence-electron chi connectivity index (χ1n) is 9.14. The van der Waals surface area contributed by atoms with E-state index in [0.29, 0.717) is 42.6 Å². The maximum absolute atomic E-state index is 12.9. The predicted molar refractivity (Wildman–Crippen MR) is 111 cm³/mol. The van der Waals surface area contributed by atoms with Crippen molar-refractivity contribution in [2.45, 2.75) is 18.2 Å². The van der Waals surface area contributed by atoms with E-state index in [2.05, 4.69) is 11.4 Å². The average molecular weight is 411 g/mol. The van der Waals surface area contributed by atoms with Crippen LogP contribution in [0.15, 0.2) is 47.4 Å². The minimum Gasteiger partial charge on any atom is -0.486 e. The van der Waals surface area contributed by atoms with Gasteiger partial charge in [0.2, 0.25) is 11.8 Å². The van der Waals surface area contributed by atoms with Gasteiger partial charge >= 0.3 is 0 Å². The average Bonchev–Trinajstić information content (AvgIpc) is 2.73. The molecule has 1 aliphatic rings. The van der Waals surface area contributed by atoms with Gasteiger partial charge in [0.1, 0.15) is 13.2 Å². The van der Waals surface area contributed by atoms with Crippen molar-refractivity contribution in [1.82, 2.24) is 0 Å². The highest BCUT2D eigenvalue weighted by Gasteiger charge is 2.19. The number of fused-ring (bicyclic) bond motifs is 1. The third-order valence-corrected chi connectivity index (χ3v) is 5.12. The Hall–Kier alpha value is -3.18. The van der Waals surface area contributed by atoms with Gasteiger partial charge < -0.3 is 19.7 Å². The number of carbonyl (C=O) groups is 2. The van der Waals surface area contributed by atoms with Gasteiger partial charge in [0.25, 0.3) is 0 Å². The summed E-state index contributed by atoms with van der Waals surface area (Å²) in [5, 5.41) is 11.7. The molecule has 2 aromatic carbocycles. The topological polar surface area (TPSA) is 91.7 Å². The molecule has 1 aliphatic heterocycles. The van der Waals surface area contributed by atoms with Gasteiger partial charge in [0.05, 0.1) is 18.2 Å². The van der Waals surface area contributed by atoms with Crippen molar-refractivity contribution >= 4 is 35.0 Å². The van der Waals surface area contributed by atoms with Gasteiger partial charge in [0.15, 0.2) is 11.5 Å². The van der Waals surface area contributed by atoms with Crippen LogP contribution in [0.25, 0.3) is 0 Å². The zero-order valence-electron chi connectivity index (χ0n) is 16.0. The summed E-state index contributed by atoms with van der Waals surface area (Å²) in [4.78, 5) is 26.5. The summed E-state index contributed by atoms with van der Waals surface area (Å²) >= 11 is 1.40. The zero-order chi connectivity index (χ0) is 20.6. The number of ether oxygens (including phenoxy) is 2. The summed E-state index contributed by atoms with van der Waals surface area (Å²) in [5.41, 5.74) is 1.39. The molecule has 0 atom stereocenters. The molecule has 2 aromatic rings. The monoisotopic (exact) mass is 411 g/mol. The molecule has 150 valence electrons. The Labute approximate surface area is 173 Å². The zero-order valence-corrected chi connectivity index (χ0v) is 16.8. The standard InChI is InChI=1S/C21H21N3O4S/c1-15(25)23-16-3-6-18(7-4-16)29-14-21(26)24(10-2-9-22)17-5-8-19-20(13-17)28-12-11-27-19/h3-8,13H,2,10-12,14H2,1H3,(H,23,25). The van der Waals surface area contributed by atoms with Gasteiger partial charge in [-0.2, -0.15) is 5.26 Å². The number of anilines is 2. The van der Waals surface area contributed by atoms with Gasteiger partial charge in [-0.1, -0.05) is 0 Å². The lowest BCUT2D eigenvalue weighted by Gasteiger charge is -2.24. The van der Waals surface area contributed by atoms with Crippen LogP contribution < -0.4 is 19.7 Å². The van der Waals surface area contributed by atoms with Gasteiger partial charge in [-0.05, 0) is 36.4 Å². The highest BCUT2D eigenvalue weighted by Crippen LogP contribution is 2.34. The summed E-state index contributed by atoms with van der Waals surface area (Å²) in [6.45, 7) is 2.72. The molecule has 0 radical (unpaired) electrons. The van der Waals surface area contributed by atoms with E-state index >= 15 is 0 Å². The van der Waals surface area contributed by atoms with E-state index in [4.69, 9.17) is 14.7 Å². The van der Waals surface area contributed by atoms with Crippen molar-refractivity contribution in [1.29, 1.82) is 5.26 Å². The molecular weight excluding hydrogens is 390 g/mol. The Morgan fingerprint density at radius 1 is 1.14 bits per heavy atom. The van der Waals surface area contributed by atoms with Crippen molar-refractivity contribution in [3.05, 3.63) is 42.5 Å². The van der Waals surface area contributed by atoms with Crippen LogP contribution in [-0.4, -0.2) is 37.3 Å². The fourth-order valence-electron chi connectivity index (χ4n) is 2.82. The van der Waals surface area contributed by atoms with Crippen LogP contribution in [0.2, 0.25) is 0 Å². The number of amides is 2. The Morgan fingerprint density at radius 3 is 2.55 bits per heavy atom. The number of nitrogens with zero attached hydrogens (tertiary/aromatic N) is 2. The van der Waals surface area contributed by atoms with E-state index in [1.165, 1.54) is 18.7 Å². The number of hydrogen-bond donors (Lipinski definition) is 1. The first-order chi connectivity index (χ1) is 14.1. The largest absolute Gasteiger partial charge is 0.486 e. The van der Waals surface area contributed by atoms with E-state index in [1.807, 2.05) is 12.1 Å². The molecule has 1 heterocycles. The number of nitrogens with one attached hydrogen (secondary N) is 1. The summed E-state index contributed by atoms with van der Waals surface area (Å²) < 4.78 is 11.1. The molecule has 0 aliphatic carbocycles.